The Balaban J connectivity index is 1.59. The summed E-state index contributed by atoms with van der Waals surface area (Å²) in [6.07, 6.45) is 4.60. The van der Waals surface area contributed by atoms with E-state index in [1.54, 1.807) is 7.11 Å². The van der Waals surface area contributed by atoms with Crippen LogP contribution in [0.25, 0.3) is 0 Å². The lowest BCUT2D eigenvalue weighted by Crippen LogP contribution is -2.43. The monoisotopic (exact) mass is 358 g/mol. The number of hydrogen-bond acceptors (Lipinski definition) is 3. The number of likely N-dealkylation sites (tertiary alicyclic amines) is 2. The van der Waals surface area contributed by atoms with Crippen molar-refractivity contribution in [3.05, 3.63) is 35.4 Å². The molecule has 0 radical (unpaired) electrons. The maximum atomic E-state index is 12.8. The summed E-state index contributed by atoms with van der Waals surface area (Å²) in [5, 5.41) is 0. The summed E-state index contributed by atoms with van der Waals surface area (Å²) in [5.41, 5.74) is 2.10. The van der Waals surface area contributed by atoms with Crippen molar-refractivity contribution in [1.29, 1.82) is 0 Å². The van der Waals surface area contributed by atoms with Crippen LogP contribution < -0.4 is 0 Å². The number of carbonyl (C=O) groups excluding carboxylic acids is 2. The van der Waals surface area contributed by atoms with E-state index in [-0.39, 0.29) is 17.2 Å². The molecule has 2 aliphatic heterocycles. The van der Waals surface area contributed by atoms with Crippen molar-refractivity contribution >= 4 is 11.8 Å². The lowest BCUT2D eigenvalue weighted by molar-refractivity contribution is -0.131. The summed E-state index contributed by atoms with van der Waals surface area (Å²) < 4.78 is 5.12. The summed E-state index contributed by atoms with van der Waals surface area (Å²) in [6.45, 7) is 5.69. The van der Waals surface area contributed by atoms with E-state index >= 15 is 0 Å². The average Bonchev–Trinajstić information content (AvgIpc) is 2.80. The number of aryl methyl sites for hydroxylation is 1. The summed E-state index contributed by atoms with van der Waals surface area (Å²) in [6, 6.07) is 7.82. The van der Waals surface area contributed by atoms with E-state index in [2.05, 4.69) is 0 Å². The van der Waals surface area contributed by atoms with Crippen LogP contribution in [0.1, 0.15) is 48.0 Å². The van der Waals surface area contributed by atoms with E-state index in [9.17, 15) is 9.59 Å². The van der Waals surface area contributed by atoms with Gasteiger partial charge < -0.3 is 14.5 Å². The van der Waals surface area contributed by atoms with Crippen LogP contribution >= 0.6 is 0 Å². The molecule has 142 valence electrons. The SMILES string of the molecule is COCCN1CCC2(CCC1=O)CCN(C(=O)c1cccc(C)c1)CC2. The minimum Gasteiger partial charge on any atom is -0.383 e. The van der Waals surface area contributed by atoms with Crippen LogP contribution in [0.2, 0.25) is 0 Å². The van der Waals surface area contributed by atoms with Gasteiger partial charge in [0, 0.05) is 45.3 Å². The molecule has 0 N–H and O–H groups in total. The Morgan fingerprint density at radius 3 is 2.58 bits per heavy atom. The van der Waals surface area contributed by atoms with Gasteiger partial charge in [0.2, 0.25) is 5.91 Å². The van der Waals surface area contributed by atoms with Gasteiger partial charge in [0.25, 0.3) is 5.91 Å². The third kappa shape index (κ3) is 4.26. The van der Waals surface area contributed by atoms with Gasteiger partial charge >= 0.3 is 0 Å². The molecule has 2 fully saturated rings. The Morgan fingerprint density at radius 2 is 1.88 bits per heavy atom. The molecule has 0 atom stereocenters. The molecule has 3 rings (SSSR count). The number of ether oxygens (including phenoxy) is 1. The molecular weight excluding hydrogens is 328 g/mol. The normalized spacial score (nSPS) is 20.3. The number of rotatable bonds is 4. The highest BCUT2D eigenvalue weighted by Crippen LogP contribution is 2.41. The zero-order chi connectivity index (χ0) is 18.6. The molecule has 0 aliphatic carbocycles. The van der Waals surface area contributed by atoms with Crippen LogP contribution in [0.15, 0.2) is 24.3 Å². The Morgan fingerprint density at radius 1 is 1.15 bits per heavy atom. The second-order valence-corrected chi connectivity index (χ2v) is 7.79. The third-order valence-electron chi connectivity index (χ3n) is 6.08. The number of amides is 2. The van der Waals surface area contributed by atoms with Crippen molar-refractivity contribution in [1.82, 2.24) is 9.80 Å². The van der Waals surface area contributed by atoms with E-state index in [1.165, 1.54) is 0 Å². The molecule has 0 unspecified atom stereocenters. The maximum Gasteiger partial charge on any atom is 0.253 e. The first-order valence-corrected chi connectivity index (χ1v) is 9.66. The van der Waals surface area contributed by atoms with Gasteiger partial charge in [0.1, 0.15) is 0 Å². The maximum absolute atomic E-state index is 12.8. The summed E-state index contributed by atoms with van der Waals surface area (Å²) in [4.78, 5) is 29.0. The smallest absolute Gasteiger partial charge is 0.253 e. The quantitative estimate of drug-likeness (QED) is 0.832. The molecule has 2 heterocycles. The Labute approximate surface area is 156 Å². The molecule has 2 saturated heterocycles. The van der Waals surface area contributed by atoms with Crippen molar-refractivity contribution < 1.29 is 14.3 Å². The Kier molecular flexibility index (Phi) is 5.97. The number of piperidine rings is 1. The zero-order valence-corrected chi connectivity index (χ0v) is 16.0. The largest absolute Gasteiger partial charge is 0.383 e. The first-order chi connectivity index (χ1) is 12.5. The zero-order valence-electron chi connectivity index (χ0n) is 16.0. The first-order valence-electron chi connectivity index (χ1n) is 9.66. The number of benzene rings is 1. The molecule has 2 amide bonds. The van der Waals surface area contributed by atoms with Crippen LogP contribution in [0.4, 0.5) is 0 Å². The van der Waals surface area contributed by atoms with E-state index in [0.717, 1.165) is 56.4 Å². The third-order valence-corrected chi connectivity index (χ3v) is 6.08. The standard InChI is InChI=1S/C21H30N2O3/c1-17-4-3-5-18(16-17)20(25)23-12-9-21(10-13-23)7-6-19(24)22(11-8-21)14-15-26-2/h3-5,16H,6-15H2,1-2H3. The second-order valence-electron chi connectivity index (χ2n) is 7.79. The second kappa shape index (κ2) is 8.21. The van der Waals surface area contributed by atoms with Crippen LogP contribution in [0.3, 0.4) is 0 Å². The van der Waals surface area contributed by atoms with Gasteiger partial charge in [-0.1, -0.05) is 17.7 Å². The van der Waals surface area contributed by atoms with Gasteiger partial charge in [-0.15, -0.1) is 0 Å². The van der Waals surface area contributed by atoms with E-state index in [0.29, 0.717) is 19.6 Å². The predicted octanol–water partition coefficient (Wildman–Crippen LogP) is 2.88. The molecule has 1 aromatic carbocycles. The number of methoxy groups -OCH3 is 1. The Hall–Kier alpha value is -1.88. The highest BCUT2D eigenvalue weighted by Gasteiger charge is 2.38. The lowest BCUT2D eigenvalue weighted by Gasteiger charge is -2.41. The van der Waals surface area contributed by atoms with Crippen molar-refractivity contribution in [2.24, 2.45) is 5.41 Å². The molecule has 0 bridgehead atoms. The van der Waals surface area contributed by atoms with Gasteiger partial charge in [-0.3, -0.25) is 9.59 Å². The highest BCUT2D eigenvalue weighted by atomic mass is 16.5. The summed E-state index contributed by atoms with van der Waals surface area (Å²) in [5.74, 6) is 0.382. The molecule has 26 heavy (non-hydrogen) atoms. The average molecular weight is 358 g/mol. The highest BCUT2D eigenvalue weighted by molar-refractivity contribution is 5.94. The summed E-state index contributed by atoms with van der Waals surface area (Å²) in [7, 11) is 1.67. The van der Waals surface area contributed by atoms with Crippen molar-refractivity contribution in [3.8, 4) is 0 Å². The first kappa shape index (κ1) is 18.9. The van der Waals surface area contributed by atoms with Crippen LogP contribution in [-0.2, 0) is 9.53 Å². The minimum absolute atomic E-state index is 0.134. The fraction of sp³-hybridized carbons (Fsp3) is 0.619. The molecular formula is C21H30N2O3. The molecule has 0 aromatic heterocycles. The van der Waals surface area contributed by atoms with E-state index < -0.39 is 0 Å². The van der Waals surface area contributed by atoms with Gasteiger partial charge in [-0.25, -0.2) is 0 Å². The van der Waals surface area contributed by atoms with Crippen LogP contribution in [-0.4, -0.2) is 61.5 Å². The number of hydrogen-bond donors (Lipinski definition) is 0. The lowest BCUT2D eigenvalue weighted by atomic mass is 9.73. The molecule has 0 saturated carbocycles. The Bertz CT molecular complexity index is 650. The van der Waals surface area contributed by atoms with Crippen molar-refractivity contribution in [2.45, 2.75) is 39.0 Å². The fourth-order valence-electron chi connectivity index (χ4n) is 4.23. The summed E-state index contributed by atoms with van der Waals surface area (Å²) >= 11 is 0. The molecule has 5 heteroatoms. The minimum atomic E-state index is 0.134. The van der Waals surface area contributed by atoms with Gasteiger partial charge in [0.15, 0.2) is 0 Å². The van der Waals surface area contributed by atoms with Crippen molar-refractivity contribution in [3.63, 3.8) is 0 Å². The van der Waals surface area contributed by atoms with E-state index in [4.69, 9.17) is 4.74 Å². The van der Waals surface area contributed by atoms with Gasteiger partial charge in [-0.2, -0.15) is 0 Å². The molecule has 5 nitrogen and oxygen atoms in total. The van der Waals surface area contributed by atoms with Crippen molar-refractivity contribution in [2.75, 3.05) is 39.9 Å². The topological polar surface area (TPSA) is 49.9 Å². The molecule has 1 aromatic rings. The number of nitrogens with zero attached hydrogens (tertiary/aromatic N) is 2. The van der Waals surface area contributed by atoms with Gasteiger partial charge in [-0.05, 0) is 50.2 Å². The van der Waals surface area contributed by atoms with E-state index in [1.807, 2.05) is 41.0 Å². The molecule has 2 aliphatic rings. The molecule has 1 spiro atoms. The van der Waals surface area contributed by atoms with Crippen LogP contribution in [0, 0.1) is 12.3 Å². The number of carbonyl (C=O) groups is 2. The van der Waals surface area contributed by atoms with Crippen LogP contribution in [0.5, 0.6) is 0 Å². The fourth-order valence-corrected chi connectivity index (χ4v) is 4.23. The van der Waals surface area contributed by atoms with Gasteiger partial charge in [0.05, 0.1) is 6.61 Å². The predicted molar refractivity (Wildman–Crippen MR) is 101 cm³/mol.